The molecular weight excluding hydrogens is 568 g/mol. The molecule has 3 aromatic rings. The predicted octanol–water partition coefficient (Wildman–Crippen LogP) is 5.50. The molecule has 43 heavy (non-hydrogen) atoms. The molecular formula is C33H34N2O7S. The van der Waals surface area contributed by atoms with Crippen LogP contribution < -0.4 is 29.0 Å². The number of methoxy groups -OCH3 is 2. The van der Waals surface area contributed by atoms with Crippen LogP contribution in [-0.4, -0.2) is 48.7 Å². The summed E-state index contributed by atoms with van der Waals surface area (Å²) < 4.78 is 29.8. The van der Waals surface area contributed by atoms with Crippen LogP contribution in [-0.2, 0) is 22.4 Å². The molecule has 2 atom stereocenters. The number of ether oxygens (including phenoxy) is 5. The van der Waals surface area contributed by atoms with Crippen molar-refractivity contribution in [3.8, 4) is 28.7 Å². The molecule has 2 N–H and O–H groups in total. The van der Waals surface area contributed by atoms with E-state index in [-0.39, 0.29) is 28.7 Å². The highest BCUT2D eigenvalue weighted by molar-refractivity contribution is 8.15. The molecule has 5 rings (SSSR count). The van der Waals surface area contributed by atoms with E-state index >= 15 is 0 Å². The number of nitrogens with one attached hydrogen (secondary N) is 2. The van der Waals surface area contributed by atoms with Crippen LogP contribution >= 0.6 is 11.8 Å². The quantitative estimate of drug-likeness (QED) is 0.178. The molecule has 0 aliphatic carbocycles. The first-order chi connectivity index (χ1) is 20.7. The first kappa shape index (κ1) is 30.0. The Morgan fingerprint density at radius 3 is 2.47 bits per heavy atom. The Labute approximate surface area is 255 Å². The maximum Gasteiger partial charge on any atom is 0.336 e. The van der Waals surface area contributed by atoms with Gasteiger partial charge in [-0.25, -0.2) is 4.79 Å². The normalized spacial score (nSPS) is 19.4. The molecule has 2 aliphatic rings. The van der Waals surface area contributed by atoms with Crippen molar-refractivity contribution in [1.82, 2.24) is 5.32 Å². The van der Waals surface area contributed by atoms with E-state index in [4.69, 9.17) is 29.1 Å². The number of hydrogen-bond donors (Lipinski definition) is 2. The summed E-state index contributed by atoms with van der Waals surface area (Å²) in [5, 5.41) is 10.1. The van der Waals surface area contributed by atoms with E-state index in [9.17, 15) is 9.59 Å². The third-order valence-electron chi connectivity index (χ3n) is 7.44. The van der Waals surface area contributed by atoms with Crippen LogP contribution in [0.3, 0.4) is 0 Å². The molecule has 0 saturated carbocycles. The number of esters is 1. The van der Waals surface area contributed by atoms with E-state index in [1.165, 1.54) is 32.1 Å². The minimum Gasteiger partial charge on any atom is -0.490 e. The maximum atomic E-state index is 12.8. The summed E-state index contributed by atoms with van der Waals surface area (Å²) in [7, 11) is 3.02. The van der Waals surface area contributed by atoms with Crippen molar-refractivity contribution < 1.29 is 33.3 Å². The van der Waals surface area contributed by atoms with Crippen molar-refractivity contribution in [3.05, 3.63) is 82.9 Å². The van der Waals surface area contributed by atoms with Crippen LogP contribution in [0.1, 0.15) is 35.6 Å². The highest BCUT2D eigenvalue weighted by atomic mass is 32.2. The van der Waals surface area contributed by atoms with Crippen molar-refractivity contribution in [2.45, 2.75) is 44.0 Å². The standard InChI is InChI=1S/C33H34N2O7S/c1-20-24-16-17-33(2,19-40-23-13-10-22(11-14-23)18-25-31(37)35-32(34)43-25)42-28(24)30(39-4)29(38-3)27(20)41-26(36)15-12-21-8-6-5-7-9-21/h5-15,25H,16-19H2,1-4H3,(H2,34,35,37). The van der Waals surface area contributed by atoms with Crippen LogP contribution in [0.25, 0.3) is 6.08 Å². The summed E-state index contributed by atoms with van der Waals surface area (Å²) in [5.41, 5.74) is 2.85. The number of amidine groups is 1. The average Bonchev–Trinajstić information content (AvgIpc) is 3.33. The van der Waals surface area contributed by atoms with Crippen LogP contribution in [0.15, 0.2) is 60.7 Å². The molecule has 1 amide bonds. The topological polar surface area (TPSA) is 116 Å². The van der Waals surface area contributed by atoms with Gasteiger partial charge in [-0.05, 0) is 62.4 Å². The Hall–Kier alpha value is -4.44. The molecule has 1 saturated heterocycles. The van der Waals surface area contributed by atoms with E-state index in [1.807, 2.05) is 68.4 Å². The smallest absolute Gasteiger partial charge is 0.336 e. The van der Waals surface area contributed by atoms with Crippen molar-refractivity contribution in [2.75, 3.05) is 20.8 Å². The van der Waals surface area contributed by atoms with E-state index in [2.05, 4.69) is 5.32 Å². The monoisotopic (exact) mass is 602 g/mol. The molecule has 2 heterocycles. The molecule has 9 nitrogen and oxygen atoms in total. The van der Waals surface area contributed by atoms with Gasteiger partial charge in [0.2, 0.25) is 17.4 Å². The van der Waals surface area contributed by atoms with Crippen LogP contribution in [0.4, 0.5) is 0 Å². The molecule has 0 radical (unpaired) electrons. The highest BCUT2D eigenvalue weighted by Gasteiger charge is 2.38. The third-order valence-corrected chi connectivity index (χ3v) is 8.44. The second kappa shape index (κ2) is 12.8. The lowest BCUT2D eigenvalue weighted by Crippen LogP contribution is -2.42. The molecule has 2 aliphatic heterocycles. The number of benzene rings is 3. The second-order valence-electron chi connectivity index (χ2n) is 10.6. The minimum atomic E-state index is -0.661. The zero-order valence-corrected chi connectivity index (χ0v) is 25.3. The van der Waals surface area contributed by atoms with Gasteiger partial charge in [0.05, 0.1) is 19.5 Å². The molecule has 10 heteroatoms. The first-order valence-electron chi connectivity index (χ1n) is 13.9. The van der Waals surface area contributed by atoms with Gasteiger partial charge >= 0.3 is 5.97 Å². The van der Waals surface area contributed by atoms with Crippen molar-refractivity contribution in [2.24, 2.45) is 0 Å². The lowest BCUT2D eigenvalue weighted by molar-refractivity contribution is -0.129. The Morgan fingerprint density at radius 1 is 1.09 bits per heavy atom. The molecule has 0 spiro atoms. The molecule has 3 aromatic carbocycles. The van der Waals surface area contributed by atoms with E-state index in [0.29, 0.717) is 42.3 Å². The van der Waals surface area contributed by atoms with Gasteiger partial charge in [-0.3, -0.25) is 10.2 Å². The summed E-state index contributed by atoms with van der Waals surface area (Å²) in [5.74, 6) is 1.50. The second-order valence-corrected chi connectivity index (χ2v) is 11.8. The molecule has 0 aromatic heterocycles. The van der Waals surface area contributed by atoms with Gasteiger partial charge in [0.15, 0.2) is 16.7 Å². The minimum absolute atomic E-state index is 0.134. The Kier molecular flexibility index (Phi) is 8.96. The van der Waals surface area contributed by atoms with Gasteiger partial charge in [0.1, 0.15) is 18.0 Å². The van der Waals surface area contributed by atoms with Crippen LogP contribution in [0.2, 0.25) is 0 Å². The van der Waals surface area contributed by atoms with Gasteiger partial charge in [-0.1, -0.05) is 54.2 Å². The third kappa shape index (κ3) is 6.80. The average molecular weight is 603 g/mol. The zero-order valence-electron chi connectivity index (χ0n) is 24.5. The summed E-state index contributed by atoms with van der Waals surface area (Å²) in [6, 6.07) is 17.1. The number of thioether (sulfide) groups is 1. The van der Waals surface area contributed by atoms with Crippen LogP contribution in [0, 0.1) is 12.3 Å². The zero-order chi connectivity index (χ0) is 30.6. The SMILES string of the molecule is COc1c(OC(=O)C=Cc2ccccc2)c(C)c2c(c1OC)OC(C)(COc1ccc(CC3SC(=N)NC3=O)cc1)CC2. The largest absolute Gasteiger partial charge is 0.490 e. The Balaban J connectivity index is 1.28. The van der Waals surface area contributed by atoms with Crippen LogP contribution in [0.5, 0.6) is 28.7 Å². The molecule has 1 fully saturated rings. The lowest BCUT2D eigenvalue weighted by atomic mass is 9.90. The van der Waals surface area contributed by atoms with E-state index < -0.39 is 11.6 Å². The number of rotatable bonds is 10. The van der Waals surface area contributed by atoms with Gasteiger partial charge < -0.3 is 29.0 Å². The summed E-state index contributed by atoms with van der Waals surface area (Å²) in [6.45, 7) is 4.15. The molecule has 2 unspecified atom stereocenters. The Morgan fingerprint density at radius 2 is 1.81 bits per heavy atom. The fourth-order valence-corrected chi connectivity index (χ4v) is 5.98. The van der Waals surface area contributed by atoms with E-state index in [1.54, 1.807) is 6.08 Å². The van der Waals surface area contributed by atoms with Crippen molar-refractivity contribution >= 4 is 34.9 Å². The van der Waals surface area contributed by atoms with Gasteiger partial charge in [-0.15, -0.1) is 0 Å². The predicted molar refractivity (Wildman–Crippen MR) is 166 cm³/mol. The summed E-state index contributed by atoms with van der Waals surface area (Å²) >= 11 is 1.24. The van der Waals surface area contributed by atoms with Gasteiger partial charge in [0, 0.05) is 17.2 Å². The fraction of sp³-hybridized carbons (Fsp3) is 0.303. The maximum absolute atomic E-state index is 12.8. The number of fused-ring (bicyclic) bond motifs is 1. The highest BCUT2D eigenvalue weighted by Crippen LogP contribution is 2.53. The number of hydrogen-bond acceptors (Lipinski definition) is 9. The van der Waals surface area contributed by atoms with Crippen molar-refractivity contribution in [1.29, 1.82) is 5.41 Å². The first-order valence-corrected chi connectivity index (χ1v) is 14.8. The van der Waals surface area contributed by atoms with Crippen molar-refractivity contribution in [3.63, 3.8) is 0 Å². The number of carbonyl (C=O) groups is 2. The summed E-state index contributed by atoms with van der Waals surface area (Å²) in [6.07, 6.45) is 4.94. The van der Waals surface area contributed by atoms with E-state index in [0.717, 1.165) is 22.3 Å². The lowest BCUT2D eigenvalue weighted by Gasteiger charge is -2.37. The number of amides is 1. The fourth-order valence-electron chi connectivity index (χ4n) is 5.10. The number of carbonyl (C=O) groups excluding carboxylic acids is 2. The summed E-state index contributed by atoms with van der Waals surface area (Å²) in [4.78, 5) is 24.7. The molecule has 0 bridgehead atoms. The molecule has 224 valence electrons. The Bertz CT molecular complexity index is 1560. The van der Waals surface area contributed by atoms with Gasteiger partial charge in [-0.2, -0.15) is 0 Å². The van der Waals surface area contributed by atoms with Gasteiger partial charge in [0.25, 0.3) is 0 Å².